The molecule has 7 aromatic rings. The maximum Gasteiger partial charge on any atom is 0.0504 e. The molecule has 0 saturated heterocycles. The van der Waals surface area contributed by atoms with Crippen LogP contribution in [0.1, 0.15) is 25.0 Å². The molecule has 1 heterocycles. The molecule has 0 spiro atoms. The number of benzene rings is 7. The summed E-state index contributed by atoms with van der Waals surface area (Å²) in [6, 6.07) is 67.2. The third-order valence-electron chi connectivity index (χ3n) is 9.38. The largest absolute Gasteiger partial charge is 0.310 e. The van der Waals surface area contributed by atoms with E-state index in [9.17, 15) is 0 Å². The van der Waals surface area contributed by atoms with E-state index in [1.807, 2.05) is 0 Å². The summed E-state index contributed by atoms with van der Waals surface area (Å²) in [5.41, 5.74) is 12.5. The number of hydrogen-bond donors (Lipinski definition) is 0. The minimum absolute atomic E-state index is 0.305. The van der Waals surface area contributed by atoms with Gasteiger partial charge in [-0.25, -0.2) is 0 Å². The lowest BCUT2D eigenvalue weighted by Gasteiger charge is -2.43. The molecule has 0 saturated carbocycles. The van der Waals surface area contributed by atoms with Gasteiger partial charge < -0.3 is 14.7 Å². The van der Waals surface area contributed by atoms with Gasteiger partial charge in [0.1, 0.15) is 0 Å². The van der Waals surface area contributed by atoms with Gasteiger partial charge in [0, 0.05) is 45.2 Å². The van der Waals surface area contributed by atoms with Crippen molar-refractivity contribution in [1.29, 1.82) is 0 Å². The van der Waals surface area contributed by atoms with Crippen LogP contribution in [0.5, 0.6) is 0 Å². The maximum absolute atomic E-state index is 2.42. The Labute approximate surface area is 283 Å². The molecular weight excluding hydrogens is 583 g/mol. The van der Waals surface area contributed by atoms with Crippen LogP contribution >= 0.6 is 0 Å². The Hall–Kier alpha value is -6.06. The highest BCUT2D eigenvalue weighted by atomic mass is 15.2. The van der Waals surface area contributed by atoms with Crippen LogP contribution < -0.4 is 14.7 Å². The molecule has 232 valence electrons. The van der Waals surface area contributed by atoms with Crippen LogP contribution in [0.2, 0.25) is 0 Å². The summed E-state index contributed by atoms with van der Waals surface area (Å²) in [7, 11) is 0. The molecule has 0 bridgehead atoms. The summed E-state index contributed by atoms with van der Waals surface area (Å²) in [5, 5.41) is 0. The third kappa shape index (κ3) is 5.20. The van der Waals surface area contributed by atoms with Crippen LogP contribution in [0.15, 0.2) is 188 Å². The Morgan fingerprint density at radius 2 is 0.667 bits per heavy atom. The minimum atomic E-state index is -0.305. The van der Waals surface area contributed by atoms with E-state index in [4.69, 9.17) is 0 Å². The molecule has 1 aliphatic heterocycles. The Kier molecular flexibility index (Phi) is 7.51. The number of fused-ring (bicyclic) bond motifs is 2. The summed E-state index contributed by atoms with van der Waals surface area (Å²) >= 11 is 0. The Morgan fingerprint density at radius 1 is 0.354 bits per heavy atom. The Balaban J connectivity index is 1.34. The number of anilines is 9. The second-order valence-electron chi connectivity index (χ2n) is 12.7. The molecule has 0 fully saturated rings. The van der Waals surface area contributed by atoms with E-state index in [0.717, 1.165) is 39.8 Å². The predicted molar refractivity (Wildman–Crippen MR) is 203 cm³/mol. The molecule has 3 nitrogen and oxygen atoms in total. The minimum Gasteiger partial charge on any atom is -0.310 e. The van der Waals surface area contributed by atoms with Crippen LogP contribution in [0, 0.1) is 0 Å². The van der Waals surface area contributed by atoms with Gasteiger partial charge in [-0.1, -0.05) is 105 Å². The van der Waals surface area contributed by atoms with Gasteiger partial charge in [0.05, 0.1) is 11.4 Å². The summed E-state index contributed by atoms with van der Waals surface area (Å²) in [6.45, 7) is 4.73. The molecule has 0 aromatic heterocycles. The standard InChI is InChI=1S/C45H37N3/c1-45(2)41-32-39(46(34-18-8-3-9-19-34)35-20-10-4-11-21-35)28-30-43(41)48(38-26-16-7-17-27-38)44-31-29-40(33-42(44)45)47(36-22-12-5-13-23-36)37-24-14-6-15-25-37/h3-33H,1-2H3. The van der Waals surface area contributed by atoms with Gasteiger partial charge in [-0.2, -0.15) is 0 Å². The molecule has 0 N–H and O–H groups in total. The monoisotopic (exact) mass is 619 g/mol. The van der Waals surface area contributed by atoms with Crippen LogP contribution in [0.4, 0.5) is 51.2 Å². The van der Waals surface area contributed by atoms with Gasteiger partial charge in [-0.15, -0.1) is 0 Å². The van der Waals surface area contributed by atoms with Crippen molar-refractivity contribution in [3.63, 3.8) is 0 Å². The zero-order chi connectivity index (χ0) is 32.5. The zero-order valence-electron chi connectivity index (χ0n) is 27.2. The van der Waals surface area contributed by atoms with Crippen LogP contribution in [-0.2, 0) is 5.41 Å². The first kappa shape index (κ1) is 29.3. The van der Waals surface area contributed by atoms with Crippen molar-refractivity contribution in [2.75, 3.05) is 14.7 Å². The maximum atomic E-state index is 2.42. The lowest BCUT2D eigenvalue weighted by Crippen LogP contribution is -2.31. The Morgan fingerprint density at radius 3 is 1.00 bits per heavy atom. The quantitative estimate of drug-likeness (QED) is 0.176. The normalized spacial score (nSPS) is 12.9. The summed E-state index contributed by atoms with van der Waals surface area (Å²) < 4.78 is 0. The van der Waals surface area contributed by atoms with E-state index >= 15 is 0 Å². The van der Waals surface area contributed by atoms with Crippen LogP contribution in [0.3, 0.4) is 0 Å². The van der Waals surface area contributed by atoms with E-state index in [1.165, 1.54) is 22.5 Å². The fraction of sp³-hybridized carbons (Fsp3) is 0.0667. The summed E-state index contributed by atoms with van der Waals surface area (Å²) in [6.07, 6.45) is 0. The topological polar surface area (TPSA) is 9.72 Å². The number of rotatable bonds is 7. The molecular formula is C45H37N3. The number of hydrogen-bond acceptors (Lipinski definition) is 3. The van der Waals surface area contributed by atoms with Crippen molar-refractivity contribution in [3.05, 3.63) is 199 Å². The predicted octanol–water partition coefficient (Wildman–Crippen LogP) is 12.7. The second kappa shape index (κ2) is 12.3. The van der Waals surface area contributed by atoms with Gasteiger partial charge >= 0.3 is 0 Å². The highest BCUT2D eigenvalue weighted by molar-refractivity contribution is 5.90. The molecule has 48 heavy (non-hydrogen) atoms. The molecule has 0 aliphatic carbocycles. The molecule has 0 amide bonds. The molecule has 0 unspecified atom stereocenters. The average Bonchev–Trinajstić information content (AvgIpc) is 3.15. The first-order valence-corrected chi connectivity index (χ1v) is 16.5. The molecule has 0 radical (unpaired) electrons. The first-order valence-electron chi connectivity index (χ1n) is 16.5. The average molecular weight is 620 g/mol. The fourth-order valence-electron chi connectivity index (χ4n) is 7.05. The van der Waals surface area contributed by atoms with Gasteiger partial charge in [0.25, 0.3) is 0 Å². The van der Waals surface area contributed by atoms with Crippen molar-refractivity contribution in [3.8, 4) is 0 Å². The SMILES string of the molecule is CC1(C)c2cc(N(c3ccccc3)c3ccccc3)ccc2N(c2ccccc2)c2ccc(N(c3ccccc3)c3ccccc3)cc21. The second-order valence-corrected chi connectivity index (χ2v) is 12.7. The lowest BCUT2D eigenvalue weighted by atomic mass is 9.73. The van der Waals surface area contributed by atoms with Gasteiger partial charge in [-0.3, -0.25) is 0 Å². The molecule has 1 aliphatic rings. The smallest absolute Gasteiger partial charge is 0.0504 e. The van der Waals surface area contributed by atoms with Crippen molar-refractivity contribution in [2.24, 2.45) is 0 Å². The summed E-state index contributed by atoms with van der Waals surface area (Å²) in [5.74, 6) is 0. The lowest BCUT2D eigenvalue weighted by molar-refractivity contribution is 0.632. The van der Waals surface area contributed by atoms with Crippen molar-refractivity contribution in [1.82, 2.24) is 0 Å². The van der Waals surface area contributed by atoms with Crippen molar-refractivity contribution >= 4 is 51.2 Å². The van der Waals surface area contributed by atoms with Gasteiger partial charge in [0.15, 0.2) is 0 Å². The first-order chi connectivity index (χ1) is 23.6. The molecule has 0 atom stereocenters. The molecule has 7 aromatic carbocycles. The van der Waals surface area contributed by atoms with E-state index in [0.29, 0.717) is 0 Å². The van der Waals surface area contributed by atoms with Crippen LogP contribution in [-0.4, -0.2) is 0 Å². The number of para-hydroxylation sites is 5. The van der Waals surface area contributed by atoms with Crippen LogP contribution in [0.25, 0.3) is 0 Å². The van der Waals surface area contributed by atoms with E-state index < -0.39 is 0 Å². The van der Waals surface area contributed by atoms with Gasteiger partial charge in [-0.05, 0) is 108 Å². The number of nitrogens with zero attached hydrogens (tertiary/aromatic N) is 3. The van der Waals surface area contributed by atoms with Gasteiger partial charge in [0.2, 0.25) is 0 Å². The van der Waals surface area contributed by atoms with Crippen molar-refractivity contribution < 1.29 is 0 Å². The van der Waals surface area contributed by atoms with Crippen molar-refractivity contribution in [2.45, 2.75) is 19.3 Å². The third-order valence-corrected chi connectivity index (χ3v) is 9.38. The zero-order valence-corrected chi connectivity index (χ0v) is 27.2. The van der Waals surface area contributed by atoms with E-state index in [2.05, 4.69) is 217 Å². The highest BCUT2D eigenvalue weighted by Gasteiger charge is 2.38. The van der Waals surface area contributed by atoms with E-state index in [1.54, 1.807) is 0 Å². The molecule has 3 heteroatoms. The summed E-state index contributed by atoms with van der Waals surface area (Å²) in [4.78, 5) is 7.12. The molecule has 8 rings (SSSR count). The fourth-order valence-corrected chi connectivity index (χ4v) is 7.05. The van der Waals surface area contributed by atoms with E-state index in [-0.39, 0.29) is 5.41 Å². The highest BCUT2D eigenvalue weighted by Crippen LogP contribution is 2.54. The Bertz CT molecular complexity index is 1930.